The topological polar surface area (TPSA) is 123 Å². The first-order valence-corrected chi connectivity index (χ1v) is 11.6. The molecule has 9 heteroatoms. The molecule has 3 aromatic rings. The zero-order chi connectivity index (χ0) is 24.6. The molecular formula is C26H26N4O5. The number of nitrogens with one attached hydrogen (secondary N) is 2. The van der Waals surface area contributed by atoms with Gasteiger partial charge in [-0.25, -0.2) is 4.79 Å². The first-order chi connectivity index (χ1) is 16.9. The number of benzene rings is 2. The van der Waals surface area contributed by atoms with Gasteiger partial charge >= 0.3 is 12.1 Å². The van der Waals surface area contributed by atoms with Crippen LogP contribution in [-0.4, -0.2) is 46.0 Å². The van der Waals surface area contributed by atoms with E-state index in [-0.39, 0.29) is 30.5 Å². The van der Waals surface area contributed by atoms with E-state index in [1.54, 1.807) is 7.05 Å². The van der Waals surface area contributed by atoms with Crippen LogP contribution in [0, 0.1) is 5.41 Å². The molecule has 35 heavy (non-hydrogen) atoms. The molecule has 0 saturated heterocycles. The maximum absolute atomic E-state index is 12.8. The number of hydrogen-bond acceptors (Lipinski definition) is 5. The van der Waals surface area contributed by atoms with E-state index < -0.39 is 23.4 Å². The molecule has 2 amide bonds. The monoisotopic (exact) mass is 474 g/mol. The highest BCUT2D eigenvalue weighted by Gasteiger charge is 2.44. The minimum absolute atomic E-state index is 0.0245. The summed E-state index contributed by atoms with van der Waals surface area (Å²) in [5, 5.41) is 18.9. The molecule has 0 radical (unpaired) electrons. The van der Waals surface area contributed by atoms with Crippen LogP contribution in [0.25, 0.3) is 11.1 Å². The quantitative estimate of drug-likeness (QED) is 0.479. The summed E-state index contributed by atoms with van der Waals surface area (Å²) in [6, 6.07) is 16.1. The molecule has 5 rings (SSSR count). The second kappa shape index (κ2) is 8.90. The fraction of sp³-hybridized carbons (Fsp3) is 0.308. The van der Waals surface area contributed by atoms with Crippen molar-refractivity contribution >= 4 is 23.7 Å². The van der Waals surface area contributed by atoms with Gasteiger partial charge in [0.1, 0.15) is 12.3 Å². The van der Waals surface area contributed by atoms with Gasteiger partial charge in [0.15, 0.2) is 0 Å². The van der Waals surface area contributed by atoms with E-state index >= 15 is 0 Å². The molecule has 2 aromatic carbocycles. The van der Waals surface area contributed by atoms with Gasteiger partial charge < -0.3 is 15.2 Å². The highest BCUT2D eigenvalue weighted by Crippen LogP contribution is 2.44. The number of carbonyl (C=O) groups is 3. The number of nitrogens with zero attached hydrogens (tertiary/aromatic N) is 2. The summed E-state index contributed by atoms with van der Waals surface area (Å²) in [6.07, 6.45) is 2.54. The SMILES string of the molecule is Cn1ncc(NC(=O)OCC2c3ccccc3-c3ccccc32)c1C(=O)NCC1(C(=O)O)CCC1. The lowest BCUT2D eigenvalue weighted by atomic mass is 9.69. The standard InChI is InChI=1S/C26H26N4O5/c1-30-22(23(31)27-15-26(24(32)33)11-6-12-26)21(13-28-30)29-25(34)35-14-20-18-9-4-2-7-16(18)17-8-3-5-10-19(17)20/h2-5,7-10,13,20H,6,11-12,14-15H2,1H3,(H,27,31)(H,29,34)(H,32,33). The summed E-state index contributed by atoms with van der Waals surface area (Å²) in [5.41, 5.74) is 3.87. The molecule has 9 nitrogen and oxygen atoms in total. The minimum Gasteiger partial charge on any atom is -0.481 e. The number of ether oxygens (including phenoxy) is 1. The molecule has 3 N–H and O–H groups in total. The van der Waals surface area contributed by atoms with E-state index in [0.717, 1.165) is 28.7 Å². The van der Waals surface area contributed by atoms with Crippen molar-refractivity contribution in [1.29, 1.82) is 0 Å². The summed E-state index contributed by atoms with van der Waals surface area (Å²) in [7, 11) is 1.58. The van der Waals surface area contributed by atoms with Crippen LogP contribution in [0.2, 0.25) is 0 Å². The molecule has 0 atom stereocenters. The van der Waals surface area contributed by atoms with E-state index in [0.29, 0.717) is 12.8 Å². The summed E-state index contributed by atoms with van der Waals surface area (Å²) < 4.78 is 6.90. The number of amides is 2. The lowest BCUT2D eigenvalue weighted by Gasteiger charge is -2.37. The van der Waals surface area contributed by atoms with Crippen molar-refractivity contribution in [2.24, 2.45) is 12.5 Å². The molecule has 1 aromatic heterocycles. The molecule has 1 fully saturated rings. The lowest BCUT2D eigenvalue weighted by molar-refractivity contribution is -0.153. The Morgan fingerprint density at radius 1 is 1.09 bits per heavy atom. The number of fused-ring (bicyclic) bond motifs is 3. The highest BCUT2D eigenvalue weighted by atomic mass is 16.5. The van der Waals surface area contributed by atoms with Crippen LogP contribution in [-0.2, 0) is 16.6 Å². The number of rotatable bonds is 7. The first kappa shape index (κ1) is 22.6. The van der Waals surface area contributed by atoms with Gasteiger partial charge in [-0.05, 0) is 35.1 Å². The molecule has 180 valence electrons. The normalized spacial score (nSPS) is 15.5. The van der Waals surface area contributed by atoms with Gasteiger partial charge in [-0.2, -0.15) is 5.10 Å². The van der Waals surface area contributed by atoms with Crippen molar-refractivity contribution in [3.05, 3.63) is 71.5 Å². The Balaban J connectivity index is 1.25. The Morgan fingerprint density at radius 3 is 2.29 bits per heavy atom. The van der Waals surface area contributed by atoms with Crippen molar-refractivity contribution in [3.63, 3.8) is 0 Å². The van der Waals surface area contributed by atoms with Gasteiger partial charge in [0.25, 0.3) is 5.91 Å². The van der Waals surface area contributed by atoms with Crippen LogP contribution in [0.1, 0.15) is 46.8 Å². The number of carboxylic acid groups (broad SMARTS) is 1. The van der Waals surface area contributed by atoms with E-state index in [9.17, 15) is 19.5 Å². The van der Waals surface area contributed by atoms with Crippen molar-refractivity contribution in [2.45, 2.75) is 25.2 Å². The number of aliphatic carboxylic acids is 1. The van der Waals surface area contributed by atoms with E-state index in [1.165, 1.54) is 10.9 Å². The molecule has 0 unspecified atom stereocenters. The van der Waals surface area contributed by atoms with Crippen LogP contribution in [0.3, 0.4) is 0 Å². The number of carboxylic acids is 1. The summed E-state index contributed by atoms with van der Waals surface area (Å²) in [5.74, 6) is -1.50. The number of aromatic nitrogens is 2. The largest absolute Gasteiger partial charge is 0.481 e. The van der Waals surface area contributed by atoms with Gasteiger partial charge in [0.05, 0.1) is 17.3 Å². The third kappa shape index (κ3) is 4.03. The van der Waals surface area contributed by atoms with E-state index in [2.05, 4.69) is 27.9 Å². The molecule has 1 heterocycles. The summed E-state index contributed by atoms with van der Waals surface area (Å²) in [4.78, 5) is 37.1. The zero-order valence-corrected chi connectivity index (χ0v) is 19.3. The smallest absolute Gasteiger partial charge is 0.411 e. The predicted molar refractivity (Wildman–Crippen MR) is 128 cm³/mol. The Labute approximate surface area is 202 Å². The molecule has 0 bridgehead atoms. The van der Waals surface area contributed by atoms with Crippen LogP contribution < -0.4 is 10.6 Å². The summed E-state index contributed by atoms with van der Waals surface area (Å²) in [6.45, 7) is 0.166. The Bertz CT molecular complexity index is 1270. The third-order valence-corrected chi connectivity index (χ3v) is 7.09. The van der Waals surface area contributed by atoms with Crippen molar-refractivity contribution in [2.75, 3.05) is 18.5 Å². The van der Waals surface area contributed by atoms with Crippen LogP contribution in [0.5, 0.6) is 0 Å². The van der Waals surface area contributed by atoms with E-state index in [1.807, 2.05) is 36.4 Å². The van der Waals surface area contributed by atoms with Crippen molar-refractivity contribution in [3.8, 4) is 11.1 Å². The van der Waals surface area contributed by atoms with Gasteiger partial charge in [-0.1, -0.05) is 55.0 Å². The fourth-order valence-electron chi connectivity index (χ4n) is 4.95. The predicted octanol–water partition coefficient (Wildman–Crippen LogP) is 3.77. The van der Waals surface area contributed by atoms with Gasteiger partial charge in [0.2, 0.25) is 0 Å². The highest BCUT2D eigenvalue weighted by molar-refractivity contribution is 6.01. The molecule has 1 saturated carbocycles. The average Bonchev–Trinajstić information content (AvgIpc) is 3.34. The number of hydrogen-bond donors (Lipinski definition) is 3. The van der Waals surface area contributed by atoms with Crippen LogP contribution >= 0.6 is 0 Å². The number of anilines is 1. The molecule has 2 aliphatic rings. The molecular weight excluding hydrogens is 448 g/mol. The van der Waals surface area contributed by atoms with Gasteiger partial charge in [-0.15, -0.1) is 0 Å². The number of carbonyl (C=O) groups excluding carboxylic acids is 2. The molecule has 0 aliphatic heterocycles. The summed E-state index contributed by atoms with van der Waals surface area (Å²) >= 11 is 0. The Morgan fingerprint density at radius 2 is 1.71 bits per heavy atom. The van der Waals surface area contributed by atoms with Crippen molar-refractivity contribution < 1.29 is 24.2 Å². The fourth-order valence-corrected chi connectivity index (χ4v) is 4.95. The molecule has 2 aliphatic carbocycles. The van der Waals surface area contributed by atoms with Gasteiger partial charge in [0, 0.05) is 19.5 Å². The third-order valence-electron chi connectivity index (χ3n) is 7.09. The van der Waals surface area contributed by atoms with Crippen LogP contribution in [0.15, 0.2) is 54.7 Å². The van der Waals surface area contributed by atoms with E-state index in [4.69, 9.17) is 4.74 Å². The Kier molecular flexibility index (Phi) is 5.76. The zero-order valence-electron chi connectivity index (χ0n) is 19.3. The second-order valence-electron chi connectivity index (χ2n) is 9.10. The molecule has 0 spiro atoms. The minimum atomic E-state index is -0.922. The average molecular weight is 475 g/mol. The number of aryl methyl sites for hydroxylation is 1. The first-order valence-electron chi connectivity index (χ1n) is 11.6. The van der Waals surface area contributed by atoms with Gasteiger partial charge in [-0.3, -0.25) is 19.6 Å². The second-order valence-corrected chi connectivity index (χ2v) is 9.10. The maximum atomic E-state index is 12.8. The lowest BCUT2D eigenvalue weighted by Crippen LogP contribution is -2.47. The van der Waals surface area contributed by atoms with Crippen LogP contribution in [0.4, 0.5) is 10.5 Å². The maximum Gasteiger partial charge on any atom is 0.411 e. The Hall–Kier alpha value is -4.14. The van der Waals surface area contributed by atoms with Crippen molar-refractivity contribution in [1.82, 2.24) is 15.1 Å².